The third-order valence-electron chi connectivity index (χ3n) is 2.67. The lowest BCUT2D eigenvalue weighted by molar-refractivity contribution is 0.0832. The monoisotopic (exact) mass is 225 g/mol. The number of aromatic nitrogens is 2. The molecule has 0 spiro atoms. The SMILES string of the molecule is CCn1ncc(OC)c1C(=O)C(C)(C)CN. The highest BCUT2D eigenvalue weighted by Gasteiger charge is 2.32. The van der Waals surface area contributed by atoms with Gasteiger partial charge in [0.25, 0.3) is 0 Å². The number of Topliss-reactive ketones (excluding diaryl/α,β-unsaturated/α-hetero) is 1. The summed E-state index contributed by atoms with van der Waals surface area (Å²) in [4.78, 5) is 12.3. The average molecular weight is 225 g/mol. The smallest absolute Gasteiger partial charge is 0.191 e. The van der Waals surface area contributed by atoms with Crippen LogP contribution in [0.25, 0.3) is 0 Å². The molecule has 1 aromatic heterocycles. The Morgan fingerprint density at radius 1 is 1.62 bits per heavy atom. The zero-order valence-corrected chi connectivity index (χ0v) is 10.3. The molecular formula is C11H19N3O2. The molecule has 1 rings (SSSR count). The van der Waals surface area contributed by atoms with Gasteiger partial charge in [0.2, 0.25) is 0 Å². The number of hydrogen-bond donors (Lipinski definition) is 1. The molecule has 1 heterocycles. The van der Waals surface area contributed by atoms with Crippen LogP contribution in [0.1, 0.15) is 31.3 Å². The molecule has 0 unspecified atom stereocenters. The van der Waals surface area contributed by atoms with E-state index < -0.39 is 5.41 Å². The topological polar surface area (TPSA) is 70.1 Å². The highest BCUT2D eigenvalue weighted by molar-refractivity contribution is 6.01. The number of nitrogens with zero attached hydrogens (tertiary/aromatic N) is 2. The fourth-order valence-corrected chi connectivity index (χ4v) is 1.40. The molecule has 0 amide bonds. The molecular weight excluding hydrogens is 206 g/mol. The molecule has 0 saturated carbocycles. The number of ketones is 1. The molecule has 0 fully saturated rings. The molecule has 0 bridgehead atoms. The third-order valence-corrected chi connectivity index (χ3v) is 2.67. The first-order valence-electron chi connectivity index (χ1n) is 5.32. The molecule has 2 N–H and O–H groups in total. The Hall–Kier alpha value is -1.36. The number of methoxy groups -OCH3 is 1. The second-order valence-electron chi connectivity index (χ2n) is 4.29. The van der Waals surface area contributed by atoms with E-state index in [1.54, 1.807) is 10.9 Å². The Morgan fingerprint density at radius 3 is 2.69 bits per heavy atom. The number of rotatable bonds is 5. The maximum absolute atomic E-state index is 12.3. The molecule has 90 valence electrons. The van der Waals surface area contributed by atoms with Crippen LogP contribution in [0.2, 0.25) is 0 Å². The van der Waals surface area contributed by atoms with E-state index >= 15 is 0 Å². The van der Waals surface area contributed by atoms with Crippen LogP contribution in [0.5, 0.6) is 5.75 Å². The van der Waals surface area contributed by atoms with Crippen molar-refractivity contribution < 1.29 is 9.53 Å². The minimum atomic E-state index is -0.597. The quantitative estimate of drug-likeness (QED) is 0.761. The Morgan fingerprint density at radius 2 is 2.25 bits per heavy atom. The summed E-state index contributed by atoms with van der Waals surface area (Å²) in [6, 6.07) is 0. The standard InChI is InChI=1S/C11H19N3O2/c1-5-14-9(8(16-4)6-13-14)10(15)11(2,3)7-12/h6H,5,7,12H2,1-4H3. The van der Waals surface area contributed by atoms with E-state index in [0.717, 1.165) is 0 Å². The minimum Gasteiger partial charge on any atom is -0.493 e. The Bertz CT molecular complexity index is 361. The van der Waals surface area contributed by atoms with Gasteiger partial charge in [-0.05, 0) is 6.92 Å². The predicted octanol–water partition coefficient (Wildman–Crippen LogP) is 1.08. The molecule has 0 atom stereocenters. The zero-order valence-electron chi connectivity index (χ0n) is 10.3. The first kappa shape index (κ1) is 12.7. The van der Waals surface area contributed by atoms with E-state index in [-0.39, 0.29) is 5.78 Å². The maximum atomic E-state index is 12.3. The summed E-state index contributed by atoms with van der Waals surface area (Å²) < 4.78 is 6.78. The lowest BCUT2D eigenvalue weighted by Crippen LogP contribution is -2.34. The number of aryl methyl sites for hydroxylation is 1. The van der Waals surface area contributed by atoms with E-state index in [2.05, 4.69) is 5.10 Å². The lowest BCUT2D eigenvalue weighted by atomic mass is 9.86. The van der Waals surface area contributed by atoms with Crippen molar-refractivity contribution in [2.75, 3.05) is 13.7 Å². The Balaban J connectivity index is 3.20. The lowest BCUT2D eigenvalue weighted by Gasteiger charge is -2.21. The van der Waals surface area contributed by atoms with Crippen molar-refractivity contribution in [1.29, 1.82) is 0 Å². The molecule has 0 saturated heterocycles. The van der Waals surface area contributed by atoms with E-state index in [4.69, 9.17) is 10.5 Å². The van der Waals surface area contributed by atoms with Crippen molar-refractivity contribution in [3.63, 3.8) is 0 Å². The van der Waals surface area contributed by atoms with E-state index in [0.29, 0.717) is 24.5 Å². The molecule has 5 nitrogen and oxygen atoms in total. The van der Waals surface area contributed by atoms with Gasteiger partial charge in [0.1, 0.15) is 5.69 Å². The number of hydrogen-bond acceptors (Lipinski definition) is 4. The predicted molar refractivity (Wildman–Crippen MR) is 61.6 cm³/mol. The summed E-state index contributed by atoms with van der Waals surface area (Å²) in [5.41, 5.74) is 5.51. The minimum absolute atomic E-state index is 0.0359. The van der Waals surface area contributed by atoms with Crippen LogP contribution in [0.15, 0.2) is 6.20 Å². The van der Waals surface area contributed by atoms with Gasteiger partial charge in [-0.15, -0.1) is 0 Å². The molecule has 16 heavy (non-hydrogen) atoms. The molecule has 0 aliphatic rings. The summed E-state index contributed by atoms with van der Waals surface area (Å²) in [5.74, 6) is 0.472. The van der Waals surface area contributed by atoms with Gasteiger partial charge in [-0.25, -0.2) is 0 Å². The van der Waals surface area contributed by atoms with Gasteiger partial charge in [0.15, 0.2) is 11.5 Å². The highest BCUT2D eigenvalue weighted by atomic mass is 16.5. The van der Waals surface area contributed by atoms with Crippen LogP contribution < -0.4 is 10.5 Å². The summed E-state index contributed by atoms with van der Waals surface area (Å²) in [6.45, 7) is 6.50. The largest absolute Gasteiger partial charge is 0.493 e. The molecule has 0 aliphatic carbocycles. The van der Waals surface area contributed by atoms with Gasteiger partial charge in [0, 0.05) is 18.5 Å². The van der Waals surface area contributed by atoms with Gasteiger partial charge in [-0.1, -0.05) is 13.8 Å². The van der Waals surface area contributed by atoms with Crippen LogP contribution in [0, 0.1) is 5.41 Å². The summed E-state index contributed by atoms with van der Waals surface area (Å²) >= 11 is 0. The van der Waals surface area contributed by atoms with E-state index in [9.17, 15) is 4.79 Å². The van der Waals surface area contributed by atoms with Crippen molar-refractivity contribution in [1.82, 2.24) is 9.78 Å². The first-order chi connectivity index (χ1) is 7.47. The fourth-order valence-electron chi connectivity index (χ4n) is 1.40. The Kier molecular flexibility index (Phi) is 3.70. The van der Waals surface area contributed by atoms with E-state index in [1.165, 1.54) is 7.11 Å². The third kappa shape index (κ3) is 2.09. The molecule has 0 radical (unpaired) electrons. The normalized spacial score (nSPS) is 11.6. The fraction of sp³-hybridized carbons (Fsp3) is 0.636. The zero-order chi connectivity index (χ0) is 12.3. The number of ether oxygens (including phenoxy) is 1. The molecule has 1 aromatic rings. The van der Waals surface area contributed by atoms with Crippen LogP contribution in [0.3, 0.4) is 0 Å². The second kappa shape index (κ2) is 4.65. The van der Waals surface area contributed by atoms with Crippen molar-refractivity contribution in [2.24, 2.45) is 11.1 Å². The van der Waals surface area contributed by atoms with Gasteiger partial charge in [0.05, 0.1) is 13.3 Å². The summed E-state index contributed by atoms with van der Waals surface area (Å²) in [6.07, 6.45) is 1.56. The van der Waals surface area contributed by atoms with Crippen molar-refractivity contribution >= 4 is 5.78 Å². The summed E-state index contributed by atoms with van der Waals surface area (Å²) in [5, 5.41) is 4.10. The highest BCUT2D eigenvalue weighted by Crippen LogP contribution is 2.26. The maximum Gasteiger partial charge on any atom is 0.191 e. The summed E-state index contributed by atoms with van der Waals surface area (Å²) in [7, 11) is 1.53. The molecule has 5 heteroatoms. The van der Waals surface area contributed by atoms with Crippen molar-refractivity contribution in [3.8, 4) is 5.75 Å². The van der Waals surface area contributed by atoms with Gasteiger partial charge >= 0.3 is 0 Å². The van der Waals surface area contributed by atoms with Gasteiger partial charge in [-0.3, -0.25) is 9.48 Å². The second-order valence-corrected chi connectivity index (χ2v) is 4.29. The average Bonchev–Trinajstić information content (AvgIpc) is 2.70. The number of nitrogens with two attached hydrogens (primary N) is 1. The number of carbonyl (C=O) groups excluding carboxylic acids is 1. The number of carbonyl (C=O) groups is 1. The van der Waals surface area contributed by atoms with E-state index in [1.807, 2.05) is 20.8 Å². The first-order valence-corrected chi connectivity index (χ1v) is 5.32. The molecule has 0 aromatic carbocycles. The van der Waals surface area contributed by atoms with Crippen molar-refractivity contribution in [3.05, 3.63) is 11.9 Å². The molecule has 0 aliphatic heterocycles. The van der Waals surface area contributed by atoms with Gasteiger partial charge < -0.3 is 10.5 Å². The van der Waals surface area contributed by atoms with Crippen molar-refractivity contribution in [2.45, 2.75) is 27.3 Å². The van der Waals surface area contributed by atoms with Crippen LogP contribution >= 0.6 is 0 Å². The van der Waals surface area contributed by atoms with Crippen LogP contribution in [-0.4, -0.2) is 29.2 Å². The van der Waals surface area contributed by atoms with Crippen LogP contribution in [-0.2, 0) is 6.54 Å². The van der Waals surface area contributed by atoms with Crippen LogP contribution in [0.4, 0.5) is 0 Å². The Labute approximate surface area is 95.6 Å². The van der Waals surface area contributed by atoms with Gasteiger partial charge in [-0.2, -0.15) is 5.10 Å².